The number of pyridine rings is 1. The highest BCUT2D eigenvalue weighted by Gasteiger charge is 2.26. The first-order valence-corrected chi connectivity index (χ1v) is 14.5. The smallest absolute Gasteiger partial charge is 0.167 e. The summed E-state index contributed by atoms with van der Waals surface area (Å²) in [5, 5.41) is 13.1. The molecule has 1 aromatic carbocycles. The van der Waals surface area contributed by atoms with E-state index < -0.39 is 0 Å². The van der Waals surface area contributed by atoms with Crippen molar-refractivity contribution in [1.29, 1.82) is 5.26 Å². The number of likely N-dealkylation sites (tertiary alicyclic amines) is 1. The van der Waals surface area contributed by atoms with E-state index in [4.69, 9.17) is 19.3 Å². The second kappa shape index (κ2) is 13.1. The maximum atomic E-state index is 8.80. The summed E-state index contributed by atoms with van der Waals surface area (Å²) in [5.41, 5.74) is 4.55. The van der Waals surface area contributed by atoms with Crippen LogP contribution in [0.1, 0.15) is 67.1 Å². The first-order valence-electron chi connectivity index (χ1n) is 14.5. The number of ether oxygens (including phenoxy) is 2. The number of aromatic nitrogens is 4. The third-order valence-corrected chi connectivity index (χ3v) is 7.64. The summed E-state index contributed by atoms with van der Waals surface area (Å²) in [5.74, 6) is 8.45. The minimum atomic E-state index is -0.189. The molecule has 2 fully saturated rings. The predicted molar refractivity (Wildman–Crippen MR) is 156 cm³/mol. The number of nitrogens with zero attached hydrogens (tertiary/aromatic N) is 6. The van der Waals surface area contributed by atoms with Gasteiger partial charge in [-0.1, -0.05) is 17.0 Å². The second-order valence-corrected chi connectivity index (χ2v) is 11.0. The number of nitriles is 1. The van der Waals surface area contributed by atoms with Crippen LogP contribution in [0.15, 0.2) is 65.6 Å². The summed E-state index contributed by atoms with van der Waals surface area (Å²) in [7, 11) is 0. The molecule has 0 spiro atoms. The standard InChI is InChI=1S/C33H34N6O3/c1-24(41-32-4-2-3-17-40-32)33-35-15-16-39(33)23-30-18-31(42-37-30)28-10-7-25(8-11-28)5-6-26-9-12-29(36-19-26)22-38-20-27(21-38)13-14-34/h7-12,15-16,18-19,24,27,32H,2-4,13,17,20-23H2,1H3/t24-,32?/m0/s1. The van der Waals surface area contributed by atoms with E-state index in [-0.39, 0.29) is 12.4 Å². The molecule has 2 aliphatic heterocycles. The van der Waals surface area contributed by atoms with Gasteiger partial charge in [-0.15, -0.1) is 0 Å². The van der Waals surface area contributed by atoms with E-state index >= 15 is 0 Å². The van der Waals surface area contributed by atoms with Gasteiger partial charge in [0.2, 0.25) is 0 Å². The van der Waals surface area contributed by atoms with Crippen LogP contribution in [-0.2, 0) is 22.6 Å². The van der Waals surface area contributed by atoms with Crippen molar-refractivity contribution in [2.24, 2.45) is 5.92 Å². The molecule has 0 saturated carbocycles. The van der Waals surface area contributed by atoms with Crippen molar-refractivity contribution >= 4 is 0 Å². The Labute approximate surface area is 246 Å². The molecule has 0 bridgehead atoms. The molecule has 6 rings (SSSR count). The van der Waals surface area contributed by atoms with Gasteiger partial charge >= 0.3 is 0 Å². The summed E-state index contributed by atoms with van der Waals surface area (Å²) in [4.78, 5) is 11.4. The summed E-state index contributed by atoms with van der Waals surface area (Å²) >= 11 is 0. The SMILES string of the molecule is C[C@H](OC1CCCCO1)c1nccn1Cc1cc(-c2ccc(C#Cc3ccc(CN4CC(CC#N)C4)nc3)cc2)on1. The second-order valence-electron chi connectivity index (χ2n) is 11.0. The third kappa shape index (κ3) is 6.95. The van der Waals surface area contributed by atoms with Crippen LogP contribution in [0.5, 0.6) is 0 Å². The highest BCUT2D eigenvalue weighted by Crippen LogP contribution is 2.25. The van der Waals surface area contributed by atoms with Crippen LogP contribution < -0.4 is 0 Å². The molecule has 9 nitrogen and oxygen atoms in total. The fourth-order valence-electron chi connectivity index (χ4n) is 5.36. The Morgan fingerprint density at radius 3 is 2.62 bits per heavy atom. The lowest BCUT2D eigenvalue weighted by atomic mass is 9.97. The zero-order valence-corrected chi connectivity index (χ0v) is 23.8. The average molecular weight is 563 g/mol. The molecule has 0 radical (unpaired) electrons. The lowest BCUT2D eigenvalue weighted by molar-refractivity contribution is -0.188. The zero-order valence-electron chi connectivity index (χ0n) is 23.8. The van der Waals surface area contributed by atoms with Gasteiger partial charge in [0.1, 0.15) is 17.6 Å². The van der Waals surface area contributed by atoms with Gasteiger partial charge in [-0.25, -0.2) is 4.98 Å². The zero-order chi connectivity index (χ0) is 28.7. The maximum Gasteiger partial charge on any atom is 0.167 e. The largest absolute Gasteiger partial charge is 0.356 e. The van der Waals surface area contributed by atoms with E-state index in [1.165, 1.54) is 0 Å². The van der Waals surface area contributed by atoms with E-state index in [1.807, 2.05) is 66.3 Å². The molecule has 5 heterocycles. The fraction of sp³-hybridized carbons (Fsp3) is 0.394. The van der Waals surface area contributed by atoms with Gasteiger partial charge < -0.3 is 18.6 Å². The molecule has 0 amide bonds. The van der Waals surface area contributed by atoms with Crippen molar-refractivity contribution in [3.63, 3.8) is 0 Å². The number of benzene rings is 1. The first kappa shape index (κ1) is 27.9. The summed E-state index contributed by atoms with van der Waals surface area (Å²) in [6.45, 7) is 6.04. The van der Waals surface area contributed by atoms with Gasteiger partial charge in [-0.3, -0.25) is 9.88 Å². The first-order chi connectivity index (χ1) is 20.6. The Balaban J connectivity index is 1.03. The summed E-state index contributed by atoms with van der Waals surface area (Å²) in [6, 6.07) is 16.2. The summed E-state index contributed by atoms with van der Waals surface area (Å²) < 4.78 is 19.5. The van der Waals surface area contributed by atoms with Crippen LogP contribution >= 0.6 is 0 Å². The van der Waals surface area contributed by atoms with Crippen molar-refractivity contribution in [2.45, 2.75) is 58.1 Å². The molecule has 0 N–H and O–H groups in total. The van der Waals surface area contributed by atoms with Gasteiger partial charge in [0.15, 0.2) is 12.1 Å². The van der Waals surface area contributed by atoms with Crippen LogP contribution in [0.3, 0.4) is 0 Å². The Kier molecular flexibility index (Phi) is 8.72. The van der Waals surface area contributed by atoms with Crippen LogP contribution in [0.2, 0.25) is 0 Å². The predicted octanol–water partition coefficient (Wildman–Crippen LogP) is 5.33. The monoisotopic (exact) mass is 562 g/mol. The van der Waals surface area contributed by atoms with Crippen molar-refractivity contribution in [2.75, 3.05) is 19.7 Å². The van der Waals surface area contributed by atoms with Crippen LogP contribution in [0.25, 0.3) is 11.3 Å². The molecule has 4 aromatic rings. The minimum Gasteiger partial charge on any atom is -0.356 e. The molecule has 3 aromatic heterocycles. The van der Waals surface area contributed by atoms with Crippen molar-refractivity contribution in [3.05, 3.63) is 89.4 Å². The molecule has 2 atom stereocenters. The highest BCUT2D eigenvalue weighted by atomic mass is 16.7. The number of imidazole rings is 1. The van der Waals surface area contributed by atoms with E-state index in [0.717, 1.165) is 79.4 Å². The number of hydrogen-bond acceptors (Lipinski definition) is 8. The third-order valence-electron chi connectivity index (χ3n) is 7.64. The molecule has 42 heavy (non-hydrogen) atoms. The number of rotatable bonds is 9. The molecule has 0 aliphatic carbocycles. The quantitative estimate of drug-likeness (QED) is 0.252. The van der Waals surface area contributed by atoms with Crippen LogP contribution in [0.4, 0.5) is 0 Å². The maximum absolute atomic E-state index is 8.80. The molecular formula is C33H34N6O3. The van der Waals surface area contributed by atoms with Gasteiger partial charge in [0.25, 0.3) is 0 Å². The van der Waals surface area contributed by atoms with Crippen molar-refractivity contribution < 1.29 is 14.0 Å². The number of hydrogen-bond donors (Lipinski definition) is 0. The average Bonchev–Trinajstić information content (AvgIpc) is 3.67. The summed E-state index contributed by atoms with van der Waals surface area (Å²) in [6.07, 6.45) is 8.94. The Bertz CT molecular complexity index is 1560. The van der Waals surface area contributed by atoms with Gasteiger partial charge in [0.05, 0.1) is 18.3 Å². The topological polar surface area (TPSA) is 102 Å². The Hall–Kier alpha value is -4.28. The lowest BCUT2D eigenvalue weighted by Crippen LogP contribution is -2.45. The lowest BCUT2D eigenvalue weighted by Gasteiger charge is -2.37. The minimum absolute atomic E-state index is 0.173. The molecule has 214 valence electrons. The van der Waals surface area contributed by atoms with E-state index in [9.17, 15) is 0 Å². The Morgan fingerprint density at radius 2 is 1.86 bits per heavy atom. The van der Waals surface area contributed by atoms with Gasteiger partial charge in [-0.2, -0.15) is 5.26 Å². The fourth-order valence-corrected chi connectivity index (χ4v) is 5.36. The van der Waals surface area contributed by atoms with Gasteiger partial charge in [-0.05, 0) is 68.5 Å². The van der Waals surface area contributed by atoms with E-state index in [0.29, 0.717) is 24.6 Å². The van der Waals surface area contributed by atoms with E-state index in [1.54, 1.807) is 6.20 Å². The molecular weight excluding hydrogens is 528 g/mol. The normalized spacial score (nSPS) is 18.0. The molecule has 9 heteroatoms. The Morgan fingerprint density at radius 1 is 1.02 bits per heavy atom. The molecule has 2 saturated heterocycles. The van der Waals surface area contributed by atoms with Gasteiger partial charge in [0, 0.05) is 74.0 Å². The highest BCUT2D eigenvalue weighted by molar-refractivity contribution is 5.59. The van der Waals surface area contributed by atoms with Crippen LogP contribution in [0, 0.1) is 29.1 Å². The van der Waals surface area contributed by atoms with Crippen LogP contribution in [-0.4, -0.2) is 50.6 Å². The van der Waals surface area contributed by atoms with Crippen molar-refractivity contribution in [3.8, 4) is 29.2 Å². The molecule has 1 unspecified atom stereocenters. The molecule has 2 aliphatic rings. The van der Waals surface area contributed by atoms with Crippen molar-refractivity contribution in [1.82, 2.24) is 24.6 Å². The van der Waals surface area contributed by atoms with E-state index in [2.05, 4.69) is 37.9 Å².